The highest BCUT2D eigenvalue weighted by molar-refractivity contribution is 6.63. The Bertz CT molecular complexity index is 507. The molecule has 108 valence electrons. The second-order valence-electron chi connectivity index (χ2n) is 7.26. The summed E-state index contributed by atoms with van der Waals surface area (Å²) in [6.07, 6.45) is 7.70. The van der Waals surface area contributed by atoms with Gasteiger partial charge in [-0.25, -0.2) is 0 Å². The predicted molar refractivity (Wildman–Crippen MR) is 81.1 cm³/mol. The molecule has 0 atom stereocenters. The van der Waals surface area contributed by atoms with E-state index in [9.17, 15) is 0 Å². The van der Waals surface area contributed by atoms with Crippen molar-refractivity contribution in [2.45, 2.75) is 65.1 Å². The zero-order valence-electron chi connectivity index (χ0n) is 13.2. The maximum atomic E-state index is 6.22. The summed E-state index contributed by atoms with van der Waals surface area (Å²) in [6.45, 7) is 10.5. The molecule has 1 saturated carbocycles. The van der Waals surface area contributed by atoms with E-state index >= 15 is 0 Å². The van der Waals surface area contributed by atoms with Crippen LogP contribution in [0.4, 0.5) is 0 Å². The maximum Gasteiger partial charge on any atom is 0.495 e. The third-order valence-corrected chi connectivity index (χ3v) is 4.96. The molecule has 4 heteroatoms. The zero-order valence-corrected chi connectivity index (χ0v) is 13.2. The van der Waals surface area contributed by atoms with Crippen LogP contribution in [-0.4, -0.2) is 23.3 Å². The van der Waals surface area contributed by atoms with Crippen molar-refractivity contribution in [2.75, 3.05) is 0 Å². The van der Waals surface area contributed by atoms with Crippen LogP contribution in [0.3, 0.4) is 0 Å². The Morgan fingerprint density at radius 3 is 2.30 bits per heavy atom. The molecule has 0 spiro atoms. The van der Waals surface area contributed by atoms with Crippen molar-refractivity contribution >= 4 is 12.6 Å². The average molecular weight is 273 g/mol. The van der Waals surface area contributed by atoms with Crippen molar-refractivity contribution in [1.82, 2.24) is 4.98 Å². The Morgan fingerprint density at radius 2 is 1.75 bits per heavy atom. The Labute approximate surface area is 122 Å². The number of nitrogens with zero attached hydrogens (tertiary/aromatic N) is 1. The van der Waals surface area contributed by atoms with Crippen molar-refractivity contribution < 1.29 is 9.31 Å². The van der Waals surface area contributed by atoms with E-state index in [1.807, 2.05) is 12.4 Å². The summed E-state index contributed by atoms with van der Waals surface area (Å²) in [5, 5.41) is 0. The van der Waals surface area contributed by atoms with E-state index in [1.165, 1.54) is 29.4 Å². The first-order valence-electron chi connectivity index (χ1n) is 7.59. The van der Waals surface area contributed by atoms with Crippen molar-refractivity contribution in [3.63, 3.8) is 0 Å². The van der Waals surface area contributed by atoms with E-state index in [2.05, 4.69) is 39.6 Å². The SMILES string of the molecule is Cc1cncc(CC2CC2)c1B1OC(C)(C)C(C)(C)O1. The summed E-state index contributed by atoms with van der Waals surface area (Å²) in [7, 11) is -0.267. The first-order valence-corrected chi connectivity index (χ1v) is 7.59. The van der Waals surface area contributed by atoms with Gasteiger partial charge >= 0.3 is 7.12 Å². The largest absolute Gasteiger partial charge is 0.495 e. The van der Waals surface area contributed by atoms with Crippen molar-refractivity contribution in [3.05, 3.63) is 23.5 Å². The third kappa shape index (κ3) is 2.40. The lowest BCUT2D eigenvalue weighted by atomic mass is 9.73. The summed E-state index contributed by atoms with van der Waals surface area (Å²) in [5.41, 5.74) is 3.09. The van der Waals surface area contributed by atoms with Crippen LogP contribution in [0.2, 0.25) is 0 Å². The molecular weight excluding hydrogens is 249 g/mol. The van der Waals surface area contributed by atoms with Gasteiger partial charge < -0.3 is 9.31 Å². The van der Waals surface area contributed by atoms with E-state index in [0.29, 0.717) is 0 Å². The molecule has 0 aromatic carbocycles. The van der Waals surface area contributed by atoms with Crippen molar-refractivity contribution in [3.8, 4) is 0 Å². The van der Waals surface area contributed by atoms with E-state index in [1.54, 1.807) is 0 Å². The molecule has 0 unspecified atom stereocenters. The van der Waals surface area contributed by atoms with Crippen LogP contribution in [0.1, 0.15) is 51.7 Å². The minimum absolute atomic E-state index is 0.267. The number of aryl methyl sites for hydroxylation is 1. The summed E-state index contributed by atoms with van der Waals surface area (Å²) in [5.74, 6) is 0.833. The molecule has 2 aliphatic rings. The van der Waals surface area contributed by atoms with E-state index in [0.717, 1.165) is 12.3 Å². The Morgan fingerprint density at radius 1 is 1.15 bits per heavy atom. The molecule has 2 fully saturated rings. The lowest BCUT2D eigenvalue weighted by Crippen LogP contribution is -2.41. The van der Waals surface area contributed by atoms with Gasteiger partial charge in [0.05, 0.1) is 11.2 Å². The molecule has 20 heavy (non-hydrogen) atoms. The smallest absolute Gasteiger partial charge is 0.399 e. The molecule has 0 radical (unpaired) electrons. The summed E-state index contributed by atoms with van der Waals surface area (Å²) in [4.78, 5) is 4.36. The van der Waals surface area contributed by atoms with Gasteiger partial charge in [0.2, 0.25) is 0 Å². The van der Waals surface area contributed by atoms with Gasteiger partial charge in [0, 0.05) is 12.4 Å². The normalized spacial score (nSPS) is 24.1. The molecule has 3 rings (SSSR count). The van der Waals surface area contributed by atoms with Crippen LogP contribution in [0.15, 0.2) is 12.4 Å². The molecule has 1 saturated heterocycles. The first-order chi connectivity index (χ1) is 9.30. The second kappa shape index (κ2) is 4.57. The highest BCUT2D eigenvalue weighted by Crippen LogP contribution is 2.38. The molecule has 1 aliphatic heterocycles. The maximum absolute atomic E-state index is 6.22. The Balaban J connectivity index is 1.94. The highest BCUT2D eigenvalue weighted by atomic mass is 16.7. The van der Waals surface area contributed by atoms with Crippen LogP contribution in [0.25, 0.3) is 0 Å². The van der Waals surface area contributed by atoms with Crippen LogP contribution in [0, 0.1) is 12.8 Å². The van der Waals surface area contributed by atoms with Gasteiger partial charge in [0.15, 0.2) is 0 Å². The minimum Gasteiger partial charge on any atom is -0.399 e. The molecular formula is C16H24BNO2. The van der Waals surface area contributed by atoms with Crippen molar-refractivity contribution in [1.29, 1.82) is 0 Å². The fraction of sp³-hybridized carbons (Fsp3) is 0.688. The van der Waals surface area contributed by atoms with Gasteiger partial charge in [-0.05, 0) is 76.4 Å². The van der Waals surface area contributed by atoms with Gasteiger partial charge in [0.1, 0.15) is 0 Å². The van der Waals surface area contributed by atoms with E-state index < -0.39 is 0 Å². The summed E-state index contributed by atoms with van der Waals surface area (Å²) in [6, 6.07) is 0. The topological polar surface area (TPSA) is 31.4 Å². The van der Waals surface area contributed by atoms with Crippen LogP contribution >= 0.6 is 0 Å². The molecule has 1 aliphatic carbocycles. The lowest BCUT2D eigenvalue weighted by molar-refractivity contribution is 0.00578. The van der Waals surface area contributed by atoms with Gasteiger partial charge in [0.25, 0.3) is 0 Å². The highest BCUT2D eigenvalue weighted by Gasteiger charge is 2.52. The predicted octanol–water partition coefficient (Wildman–Crippen LogP) is 2.64. The quantitative estimate of drug-likeness (QED) is 0.793. The first kappa shape index (κ1) is 14.1. The minimum atomic E-state index is -0.287. The fourth-order valence-corrected chi connectivity index (χ4v) is 2.73. The number of hydrogen-bond acceptors (Lipinski definition) is 3. The molecule has 1 aromatic rings. The van der Waals surface area contributed by atoms with E-state index in [-0.39, 0.29) is 18.3 Å². The molecule has 0 N–H and O–H groups in total. The van der Waals surface area contributed by atoms with Gasteiger partial charge in [-0.15, -0.1) is 0 Å². The third-order valence-electron chi connectivity index (χ3n) is 4.96. The van der Waals surface area contributed by atoms with Gasteiger partial charge in [-0.1, -0.05) is 0 Å². The van der Waals surface area contributed by atoms with Gasteiger partial charge in [-0.2, -0.15) is 0 Å². The molecule has 3 nitrogen and oxygen atoms in total. The molecule has 0 bridgehead atoms. The fourth-order valence-electron chi connectivity index (χ4n) is 2.73. The van der Waals surface area contributed by atoms with Crippen LogP contribution in [-0.2, 0) is 15.7 Å². The summed E-state index contributed by atoms with van der Waals surface area (Å²) < 4.78 is 12.4. The number of hydrogen-bond donors (Lipinski definition) is 0. The number of rotatable bonds is 3. The number of pyridine rings is 1. The number of aromatic nitrogens is 1. The monoisotopic (exact) mass is 273 g/mol. The Kier molecular flexibility index (Phi) is 3.22. The average Bonchev–Trinajstić information content (AvgIpc) is 3.07. The molecule has 2 heterocycles. The van der Waals surface area contributed by atoms with Crippen LogP contribution in [0.5, 0.6) is 0 Å². The standard InChI is InChI=1S/C16H24BNO2/c1-11-9-18-10-13(8-12-6-7-12)14(11)17-19-15(2,3)16(4,5)20-17/h9-10,12H,6-8H2,1-5H3. The lowest BCUT2D eigenvalue weighted by Gasteiger charge is -2.32. The van der Waals surface area contributed by atoms with Crippen molar-refractivity contribution in [2.24, 2.45) is 5.92 Å². The Hall–Kier alpha value is -0.865. The second-order valence-corrected chi connectivity index (χ2v) is 7.26. The molecule has 0 amide bonds. The molecule has 1 aromatic heterocycles. The zero-order chi connectivity index (χ0) is 14.5. The van der Waals surface area contributed by atoms with Gasteiger partial charge in [-0.3, -0.25) is 4.98 Å². The summed E-state index contributed by atoms with van der Waals surface area (Å²) >= 11 is 0. The van der Waals surface area contributed by atoms with Crippen LogP contribution < -0.4 is 5.46 Å². The van der Waals surface area contributed by atoms with E-state index in [4.69, 9.17) is 9.31 Å².